The quantitative estimate of drug-likeness (QED) is 0.746. The Kier molecular flexibility index (Phi) is 6.05. The second-order valence-electron chi connectivity index (χ2n) is 5.66. The van der Waals surface area contributed by atoms with Gasteiger partial charge in [-0.2, -0.15) is 0 Å². The second kappa shape index (κ2) is 7.35. The monoisotopic (exact) mass is 328 g/mol. The van der Waals surface area contributed by atoms with Crippen LogP contribution in [0.4, 0.5) is 10.5 Å². The van der Waals surface area contributed by atoms with E-state index in [1.54, 1.807) is 26.0 Å². The first-order valence-electron chi connectivity index (χ1n) is 6.80. The molecule has 22 heavy (non-hydrogen) atoms. The molecule has 7 heteroatoms. The van der Waals surface area contributed by atoms with Crippen molar-refractivity contribution in [3.05, 3.63) is 22.7 Å². The van der Waals surface area contributed by atoms with Crippen molar-refractivity contribution < 1.29 is 19.4 Å². The van der Waals surface area contributed by atoms with Crippen LogP contribution in [-0.4, -0.2) is 29.8 Å². The lowest BCUT2D eigenvalue weighted by molar-refractivity contribution is -0.137. The summed E-state index contributed by atoms with van der Waals surface area (Å²) in [7, 11) is 1.49. The molecule has 122 valence electrons. The zero-order valence-corrected chi connectivity index (χ0v) is 13.9. The molecule has 0 aliphatic carbocycles. The van der Waals surface area contributed by atoms with Crippen LogP contribution in [0.15, 0.2) is 12.1 Å². The van der Waals surface area contributed by atoms with Crippen LogP contribution in [-0.2, 0) is 4.79 Å². The van der Waals surface area contributed by atoms with Crippen LogP contribution in [0.25, 0.3) is 0 Å². The van der Waals surface area contributed by atoms with Gasteiger partial charge in [0.1, 0.15) is 5.75 Å². The normalized spacial score (nSPS) is 11.0. The Balaban J connectivity index is 2.76. The summed E-state index contributed by atoms with van der Waals surface area (Å²) in [6.45, 7) is 5.35. The first kappa shape index (κ1) is 18.1. The summed E-state index contributed by atoms with van der Waals surface area (Å²) < 4.78 is 5.19. The van der Waals surface area contributed by atoms with Crippen molar-refractivity contribution in [2.45, 2.75) is 39.2 Å². The number of carboxylic acid groups (broad SMARTS) is 1. The summed E-state index contributed by atoms with van der Waals surface area (Å²) >= 11 is 6.01. The van der Waals surface area contributed by atoms with Crippen molar-refractivity contribution >= 4 is 29.3 Å². The zero-order valence-electron chi connectivity index (χ0n) is 13.1. The van der Waals surface area contributed by atoms with Gasteiger partial charge in [0, 0.05) is 23.0 Å². The molecule has 3 N–H and O–H groups in total. The molecule has 0 unspecified atom stereocenters. The number of benzene rings is 1. The molecule has 1 rings (SSSR count). The molecule has 0 fully saturated rings. The van der Waals surface area contributed by atoms with Gasteiger partial charge in [-0.05, 0) is 38.8 Å². The van der Waals surface area contributed by atoms with Gasteiger partial charge in [-0.3, -0.25) is 4.79 Å². The molecule has 1 aromatic rings. The highest BCUT2D eigenvalue weighted by Crippen LogP contribution is 2.30. The minimum Gasteiger partial charge on any atom is -0.495 e. The molecular formula is C15H21ClN2O4. The number of rotatable bonds is 6. The number of ether oxygens (including phenoxy) is 1. The molecule has 0 aliphatic heterocycles. The maximum Gasteiger partial charge on any atom is 0.319 e. The predicted molar refractivity (Wildman–Crippen MR) is 85.8 cm³/mol. The third-order valence-electron chi connectivity index (χ3n) is 3.14. The summed E-state index contributed by atoms with van der Waals surface area (Å²) in [4.78, 5) is 22.7. The number of methoxy groups -OCH3 is 1. The van der Waals surface area contributed by atoms with Gasteiger partial charge in [-0.25, -0.2) is 4.79 Å². The SMILES string of the molecule is COc1cc(Cl)c(C)cc1NC(=O)NC(C)(C)CCC(=O)O. The Hall–Kier alpha value is -1.95. The Labute approximate surface area is 134 Å². The van der Waals surface area contributed by atoms with Crippen LogP contribution in [0.5, 0.6) is 5.75 Å². The molecule has 0 aromatic heterocycles. The number of nitrogens with one attached hydrogen (secondary N) is 2. The summed E-state index contributed by atoms with van der Waals surface area (Å²) in [5.41, 5.74) is 0.663. The molecule has 0 heterocycles. The standard InChI is InChI=1S/C15H21ClN2O4/c1-9-7-11(12(22-4)8-10(9)16)17-14(21)18-15(2,3)6-5-13(19)20/h7-8H,5-6H2,1-4H3,(H,19,20)(H2,17,18,21). The van der Waals surface area contributed by atoms with Crippen LogP contribution < -0.4 is 15.4 Å². The molecule has 0 radical (unpaired) electrons. The number of amides is 2. The molecule has 0 atom stereocenters. The number of carbonyl (C=O) groups is 2. The highest BCUT2D eigenvalue weighted by Gasteiger charge is 2.22. The van der Waals surface area contributed by atoms with E-state index in [0.29, 0.717) is 22.9 Å². The highest BCUT2D eigenvalue weighted by molar-refractivity contribution is 6.31. The van der Waals surface area contributed by atoms with Crippen LogP contribution in [0, 0.1) is 6.92 Å². The summed E-state index contributed by atoms with van der Waals surface area (Å²) in [6, 6.07) is 2.91. The van der Waals surface area contributed by atoms with E-state index in [-0.39, 0.29) is 6.42 Å². The van der Waals surface area contributed by atoms with Crippen molar-refractivity contribution in [2.75, 3.05) is 12.4 Å². The smallest absolute Gasteiger partial charge is 0.319 e. The molecule has 0 spiro atoms. The Morgan fingerprint density at radius 2 is 2.00 bits per heavy atom. The molecule has 2 amide bonds. The Morgan fingerprint density at radius 3 is 2.55 bits per heavy atom. The lowest BCUT2D eigenvalue weighted by Gasteiger charge is -2.26. The first-order chi connectivity index (χ1) is 10.1. The van der Waals surface area contributed by atoms with Gasteiger partial charge in [-0.1, -0.05) is 11.6 Å². The third kappa shape index (κ3) is 5.44. The van der Waals surface area contributed by atoms with E-state index in [0.717, 1.165) is 5.56 Å². The van der Waals surface area contributed by atoms with Crippen molar-refractivity contribution in [1.29, 1.82) is 0 Å². The molecule has 6 nitrogen and oxygen atoms in total. The number of halogens is 1. The Bertz CT molecular complexity index is 573. The number of carboxylic acids is 1. The number of aryl methyl sites for hydroxylation is 1. The van der Waals surface area contributed by atoms with Crippen LogP contribution in [0.3, 0.4) is 0 Å². The van der Waals surface area contributed by atoms with E-state index >= 15 is 0 Å². The van der Waals surface area contributed by atoms with Gasteiger partial charge in [0.25, 0.3) is 0 Å². The number of hydrogen-bond donors (Lipinski definition) is 3. The molecule has 0 aliphatic rings. The molecule has 0 bridgehead atoms. The minimum absolute atomic E-state index is 0.0172. The number of aliphatic carboxylic acids is 1. The van der Waals surface area contributed by atoms with E-state index in [1.807, 2.05) is 6.92 Å². The largest absolute Gasteiger partial charge is 0.495 e. The van der Waals surface area contributed by atoms with Gasteiger partial charge in [-0.15, -0.1) is 0 Å². The van der Waals surface area contributed by atoms with Crippen LogP contribution >= 0.6 is 11.6 Å². The minimum atomic E-state index is -0.898. The van der Waals surface area contributed by atoms with Gasteiger partial charge < -0.3 is 20.5 Å². The average Bonchev–Trinajstić information content (AvgIpc) is 2.40. The van der Waals surface area contributed by atoms with Crippen LogP contribution in [0.1, 0.15) is 32.3 Å². The summed E-state index contributed by atoms with van der Waals surface area (Å²) in [5.74, 6) is -0.445. The third-order valence-corrected chi connectivity index (χ3v) is 3.55. The van der Waals surface area contributed by atoms with Crippen molar-refractivity contribution in [1.82, 2.24) is 5.32 Å². The second-order valence-corrected chi connectivity index (χ2v) is 6.07. The molecule has 0 saturated heterocycles. The summed E-state index contributed by atoms with van der Waals surface area (Å²) in [6.07, 6.45) is 0.309. The molecule has 1 aromatic carbocycles. The maximum absolute atomic E-state index is 12.1. The molecular weight excluding hydrogens is 308 g/mol. The van der Waals surface area contributed by atoms with E-state index in [4.69, 9.17) is 21.4 Å². The fourth-order valence-electron chi connectivity index (χ4n) is 1.87. The van der Waals surface area contributed by atoms with E-state index < -0.39 is 17.5 Å². The Morgan fingerprint density at radius 1 is 1.36 bits per heavy atom. The number of anilines is 1. The van der Waals surface area contributed by atoms with Crippen LogP contribution in [0.2, 0.25) is 5.02 Å². The van der Waals surface area contributed by atoms with E-state index in [9.17, 15) is 9.59 Å². The predicted octanol–water partition coefficient (Wildman–Crippen LogP) is 3.42. The molecule has 0 saturated carbocycles. The van der Waals surface area contributed by atoms with Gasteiger partial charge in [0.15, 0.2) is 0 Å². The fraction of sp³-hybridized carbons (Fsp3) is 0.467. The maximum atomic E-state index is 12.1. The highest BCUT2D eigenvalue weighted by atomic mass is 35.5. The van der Waals surface area contributed by atoms with E-state index in [1.165, 1.54) is 7.11 Å². The van der Waals surface area contributed by atoms with Gasteiger partial charge >= 0.3 is 12.0 Å². The fourth-order valence-corrected chi connectivity index (χ4v) is 2.03. The number of hydrogen-bond acceptors (Lipinski definition) is 3. The lowest BCUT2D eigenvalue weighted by Crippen LogP contribution is -2.45. The van der Waals surface area contributed by atoms with Gasteiger partial charge in [0.05, 0.1) is 12.8 Å². The zero-order chi connectivity index (χ0) is 16.9. The number of carbonyl (C=O) groups excluding carboxylic acids is 1. The first-order valence-corrected chi connectivity index (χ1v) is 7.17. The van der Waals surface area contributed by atoms with Crippen molar-refractivity contribution in [3.63, 3.8) is 0 Å². The van der Waals surface area contributed by atoms with Crippen molar-refractivity contribution in [2.24, 2.45) is 0 Å². The van der Waals surface area contributed by atoms with Crippen molar-refractivity contribution in [3.8, 4) is 5.75 Å². The summed E-state index contributed by atoms with van der Waals surface area (Å²) in [5, 5.41) is 14.7. The lowest BCUT2D eigenvalue weighted by atomic mass is 9.99. The number of urea groups is 1. The topological polar surface area (TPSA) is 87.7 Å². The van der Waals surface area contributed by atoms with E-state index in [2.05, 4.69) is 10.6 Å². The van der Waals surface area contributed by atoms with Gasteiger partial charge in [0.2, 0.25) is 0 Å². The average molecular weight is 329 g/mol.